The average Bonchev–Trinajstić information content (AvgIpc) is 2.76. The molecule has 2 heteroatoms. The van der Waals surface area contributed by atoms with E-state index >= 15 is 0 Å². The molecular formula is C11H17NO. The molecule has 1 fully saturated rings. The molecule has 0 bridgehead atoms. The molecule has 0 saturated carbocycles. The molecule has 1 aromatic heterocycles. The monoisotopic (exact) mass is 179 g/mol. The van der Waals surface area contributed by atoms with Crippen LogP contribution in [-0.4, -0.2) is 17.5 Å². The Hall–Kier alpha value is -0.760. The third-order valence-corrected chi connectivity index (χ3v) is 2.94. The van der Waals surface area contributed by atoms with Crippen molar-refractivity contribution in [1.29, 1.82) is 0 Å². The van der Waals surface area contributed by atoms with Crippen molar-refractivity contribution in [3.63, 3.8) is 0 Å². The van der Waals surface area contributed by atoms with Gasteiger partial charge in [-0.3, -0.25) is 4.90 Å². The molecule has 1 aliphatic heterocycles. The first-order chi connectivity index (χ1) is 6.40. The molecule has 1 aliphatic rings. The van der Waals surface area contributed by atoms with E-state index in [4.69, 9.17) is 4.42 Å². The second-order valence-corrected chi connectivity index (χ2v) is 3.81. The maximum absolute atomic E-state index is 5.07. The summed E-state index contributed by atoms with van der Waals surface area (Å²) in [7, 11) is 0. The normalized spacial score (nSPS) is 23.9. The SMILES string of the molecule is CCC1CCCN1Cc1ccoc1. The fraction of sp³-hybridized carbons (Fsp3) is 0.636. The lowest BCUT2D eigenvalue weighted by Gasteiger charge is -2.22. The van der Waals surface area contributed by atoms with Crippen LogP contribution in [-0.2, 0) is 6.54 Å². The Morgan fingerprint density at radius 3 is 3.23 bits per heavy atom. The Bertz CT molecular complexity index is 243. The van der Waals surface area contributed by atoms with Gasteiger partial charge in [-0.25, -0.2) is 0 Å². The molecule has 0 aromatic carbocycles. The minimum atomic E-state index is 0.801. The highest BCUT2D eigenvalue weighted by Gasteiger charge is 2.22. The van der Waals surface area contributed by atoms with E-state index in [-0.39, 0.29) is 0 Å². The van der Waals surface area contributed by atoms with Gasteiger partial charge >= 0.3 is 0 Å². The van der Waals surface area contributed by atoms with Gasteiger partial charge in [-0.05, 0) is 31.9 Å². The zero-order valence-corrected chi connectivity index (χ0v) is 8.20. The van der Waals surface area contributed by atoms with Crippen LogP contribution in [0.2, 0.25) is 0 Å². The lowest BCUT2D eigenvalue weighted by Crippen LogP contribution is -2.27. The van der Waals surface area contributed by atoms with Crippen molar-refractivity contribution in [2.45, 2.75) is 38.8 Å². The second-order valence-electron chi connectivity index (χ2n) is 3.81. The molecule has 1 unspecified atom stereocenters. The van der Waals surface area contributed by atoms with E-state index < -0.39 is 0 Å². The van der Waals surface area contributed by atoms with E-state index in [0.29, 0.717) is 0 Å². The van der Waals surface area contributed by atoms with Gasteiger partial charge in [0.2, 0.25) is 0 Å². The van der Waals surface area contributed by atoms with Gasteiger partial charge in [0, 0.05) is 18.2 Å². The molecule has 72 valence electrons. The summed E-state index contributed by atoms with van der Waals surface area (Å²) in [6, 6.07) is 2.86. The van der Waals surface area contributed by atoms with Gasteiger partial charge in [0.25, 0.3) is 0 Å². The molecule has 1 aromatic rings. The third kappa shape index (κ3) is 1.94. The summed E-state index contributed by atoms with van der Waals surface area (Å²) in [5.41, 5.74) is 1.31. The zero-order valence-electron chi connectivity index (χ0n) is 8.20. The maximum atomic E-state index is 5.07. The quantitative estimate of drug-likeness (QED) is 0.709. The van der Waals surface area contributed by atoms with Gasteiger partial charge in [-0.2, -0.15) is 0 Å². The van der Waals surface area contributed by atoms with E-state index in [2.05, 4.69) is 17.9 Å². The van der Waals surface area contributed by atoms with Crippen molar-refractivity contribution in [3.8, 4) is 0 Å². The topological polar surface area (TPSA) is 16.4 Å². The Balaban J connectivity index is 1.94. The van der Waals surface area contributed by atoms with Crippen LogP contribution >= 0.6 is 0 Å². The van der Waals surface area contributed by atoms with Gasteiger partial charge in [0.1, 0.15) is 0 Å². The van der Waals surface area contributed by atoms with E-state index in [1.807, 2.05) is 6.26 Å². The highest BCUT2D eigenvalue weighted by molar-refractivity contribution is 5.05. The number of furan rings is 1. The molecule has 1 saturated heterocycles. The lowest BCUT2D eigenvalue weighted by atomic mass is 10.1. The van der Waals surface area contributed by atoms with Crippen LogP contribution in [0.3, 0.4) is 0 Å². The Labute approximate surface area is 79.5 Å². The zero-order chi connectivity index (χ0) is 9.10. The molecule has 2 heterocycles. The van der Waals surface area contributed by atoms with E-state index in [1.54, 1.807) is 6.26 Å². The molecule has 0 spiro atoms. The van der Waals surface area contributed by atoms with Gasteiger partial charge < -0.3 is 4.42 Å². The predicted molar refractivity (Wildman–Crippen MR) is 52.4 cm³/mol. The van der Waals surface area contributed by atoms with Gasteiger partial charge in [0.15, 0.2) is 0 Å². The minimum Gasteiger partial charge on any atom is -0.472 e. The van der Waals surface area contributed by atoms with Crippen LogP contribution in [0.25, 0.3) is 0 Å². The van der Waals surface area contributed by atoms with Crippen LogP contribution in [0.4, 0.5) is 0 Å². The first-order valence-corrected chi connectivity index (χ1v) is 5.15. The number of hydrogen-bond acceptors (Lipinski definition) is 2. The van der Waals surface area contributed by atoms with Gasteiger partial charge in [-0.15, -0.1) is 0 Å². The first-order valence-electron chi connectivity index (χ1n) is 5.15. The fourth-order valence-electron chi connectivity index (χ4n) is 2.18. The summed E-state index contributed by atoms with van der Waals surface area (Å²) < 4.78 is 5.07. The molecule has 0 radical (unpaired) electrons. The molecule has 1 atom stereocenters. The number of rotatable bonds is 3. The average molecular weight is 179 g/mol. The van der Waals surface area contributed by atoms with E-state index in [1.165, 1.54) is 31.4 Å². The van der Waals surface area contributed by atoms with Gasteiger partial charge in [0.05, 0.1) is 12.5 Å². The van der Waals surface area contributed by atoms with Crippen molar-refractivity contribution in [2.75, 3.05) is 6.54 Å². The molecule has 13 heavy (non-hydrogen) atoms. The summed E-state index contributed by atoms with van der Waals surface area (Å²) in [6.07, 6.45) is 7.61. The second kappa shape index (κ2) is 3.97. The summed E-state index contributed by atoms with van der Waals surface area (Å²) in [4.78, 5) is 2.56. The standard InChI is InChI=1S/C11H17NO/c1-2-11-4-3-6-12(11)8-10-5-7-13-9-10/h5,7,9,11H,2-4,6,8H2,1H3. The Morgan fingerprint density at radius 2 is 2.54 bits per heavy atom. The largest absolute Gasteiger partial charge is 0.472 e. The van der Waals surface area contributed by atoms with Crippen LogP contribution < -0.4 is 0 Å². The van der Waals surface area contributed by atoms with Crippen molar-refractivity contribution in [2.24, 2.45) is 0 Å². The van der Waals surface area contributed by atoms with E-state index in [0.717, 1.165) is 12.6 Å². The Kier molecular flexibility index (Phi) is 2.69. The molecule has 0 amide bonds. The Morgan fingerprint density at radius 1 is 1.62 bits per heavy atom. The van der Waals surface area contributed by atoms with Crippen molar-refractivity contribution in [3.05, 3.63) is 24.2 Å². The summed E-state index contributed by atoms with van der Waals surface area (Å²) in [5, 5.41) is 0. The third-order valence-electron chi connectivity index (χ3n) is 2.94. The van der Waals surface area contributed by atoms with Crippen LogP contribution in [0.15, 0.2) is 23.0 Å². The minimum absolute atomic E-state index is 0.801. The van der Waals surface area contributed by atoms with Crippen LogP contribution in [0, 0.1) is 0 Å². The molecular weight excluding hydrogens is 162 g/mol. The van der Waals surface area contributed by atoms with Crippen molar-refractivity contribution >= 4 is 0 Å². The lowest BCUT2D eigenvalue weighted by molar-refractivity contribution is 0.239. The van der Waals surface area contributed by atoms with Crippen molar-refractivity contribution in [1.82, 2.24) is 4.90 Å². The van der Waals surface area contributed by atoms with Gasteiger partial charge in [-0.1, -0.05) is 6.92 Å². The summed E-state index contributed by atoms with van der Waals surface area (Å²) in [6.45, 7) is 4.59. The summed E-state index contributed by atoms with van der Waals surface area (Å²) in [5.74, 6) is 0. The van der Waals surface area contributed by atoms with Crippen LogP contribution in [0.1, 0.15) is 31.7 Å². The highest BCUT2D eigenvalue weighted by atomic mass is 16.3. The van der Waals surface area contributed by atoms with Crippen LogP contribution in [0.5, 0.6) is 0 Å². The molecule has 0 N–H and O–H groups in total. The predicted octanol–water partition coefficient (Wildman–Crippen LogP) is 2.65. The smallest absolute Gasteiger partial charge is 0.0947 e. The summed E-state index contributed by atoms with van der Waals surface area (Å²) >= 11 is 0. The fourth-order valence-corrected chi connectivity index (χ4v) is 2.18. The van der Waals surface area contributed by atoms with E-state index in [9.17, 15) is 0 Å². The maximum Gasteiger partial charge on any atom is 0.0947 e. The first kappa shape index (κ1) is 8.82. The number of nitrogens with zero attached hydrogens (tertiary/aromatic N) is 1. The molecule has 0 aliphatic carbocycles. The molecule has 2 nitrogen and oxygen atoms in total. The highest BCUT2D eigenvalue weighted by Crippen LogP contribution is 2.21. The number of likely N-dealkylation sites (tertiary alicyclic amines) is 1. The number of hydrogen-bond donors (Lipinski definition) is 0. The van der Waals surface area contributed by atoms with Crippen molar-refractivity contribution < 1.29 is 4.42 Å². The molecule has 2 rings (SSSR count).